The van der Waals surface area contributed by atoms with E-state index < -0.39 is 18.2 Å². The van der Waals surface area contributed by atoms with Crippen LogP contribution in [0.2, 0.25) is 0 Å². The van der Waals surface area contributed by atoms with Gasteiger partial charge in [-0.2, -0.15) is 0 Å². The van der Waals surface area contributed by atoms with E-state index >= 15 is 0 Å². The lowest BCUT2D eigenvalue weighted by Gasteiger charge is -2.24. The molecule has 0 saturated heterocycles. The number of amides is 1. The van der Waals surface area contributed by atoms with Gasteiger partial charge in [0.05, 0.1) is 25.2 Å². The van der Waals surface area contributed by atoms with Crippen molar-refractivity contribution < 1.29 is 24.5 Å². The van der Waals surface area contributed by atoms with Gasteiger partial charge in [-0.25, -0.2) is 0 Å². The fourth-order valence-corrected chi connectivity index (χ4v) is 7.28. The molecule has 0 aromatic heterocycles. The lowest BCUT2D eigenvalue weighted by atomic mass is 10.0. The zero-order valence-corrected chi connectivity index (χ0v) is 39.8. The number of aliphatic hydroxyl groups is 2. The van der Waals surface area contributed by atoms with Crippen molar-refractivity contribution in [1.82, 2.24) is 5.32 Å². The standard InChI is InChI=1S/C55H95NO5/c1-4-7-10-13-16-19-22-25-27-29-32-35-38-41-44-47-53(58)52(50-57)56-54(59)49-51(46-43-40-37-34-31-28-24-21-18-15-12-9-6-3)61-55(60)48-45-42-39-36-33-30-26-23-20-17-14-11-8-5-2/h8-9,11-12,15,17-18,20-21,24,26,28,30-31,51-53,57-58H,4-7,10,13-14,16,19,22-23,25,27,29,32-50H2,1-3H3,(H,56,59)/b11-8+,12-9+,18-15+,20-17+,24-21+,30-26+,31-28-. The maximum atomic E-state index is 13.2. The molecule has 0 aliphatic rings. The van der Waals surface area contributed by atoms with Crippen LogP contribution in [0.15, 0.2) is 85.1 Å². The predicted octanol–water partition coefficient (Wildman–Crippen LogP) is 15.2. The number of esters is 1. The summed E-state index contributed by atoms with van der Waals surface area (Å²) in [6.45, 7) is 6.21. The van der Waals surface area contributed by atoms with E-state index in [1.54, 1.807) is 0 Å². The van der Waals surface area contributed by atoms with Crippen molar-refractivity contribution in [3.8, 4) is 0 Å². The number of carbonyl (C=O) groups excluding carboxylic acids is 2. The number of unbranched alkanes of at least 4 members (excludes halogenated alkanes) is 21. The van der Waals surface area contributed by atoms with E-state index in [-0.39, 0.29) is 24.9 Å². The lowest BCUT2D eigenvalue weighted by molar-refractivity contribution is -0.151. The van der Waals surface area contributed by atoms with Crippen LogP contribution in [0.4, 0.5) is 0 Å². The van der Waals surface area contributed by atoms with Gasteiger partial charge in [-0.1, -0.05) is 221 Å². The Labute approximate surface area is 376 Å². The smallest absolute Gasteiger partial charge is 0.306 e. The zero-order valence-electron chi connectivity index (χ0n) is 39.8. The Morgan fingerprint density at radius 2 is 0.967 bits per heavy atom. The minimum Gasteiger partial charge on any atom is -0.462 e. The van der Waals surface area contributed by atoms with Gasteiger partial charge in [0, 0.05) is 6.42 Å². The highest BCUT2D eigenvalue weighted by molar-refractivity contribution is 5.77. The average Bonchev–Trinajstić information content (AvgIpc) is 3.25. The first-order valence-corrected chi connectivity index (χ1v) is 25.4. The van der Waals surface area contributed by atoms with Crippen LogP contribution < -0.4 is 5.32 Å². The summed E-state index contributed by atoms with van der Waals surface area (Å²) in [4.78, 5) is 26.1. The molecule has 3 atom stereocenters. The van der Waals surface area contributed by atoms with Crippen LogP contribution in [0, 0.1) is 0 Å². The number of hydrogen-bond acceptors (Lipinski definition) is 5. The minimum atomic E-state index is -0.806. The highest BCUT2D eigenvalue weighted by atomic mass is 16.5. The second-order valence-corrected chi connectivity index (χ2v) is 16.9. The summed E-state index contributed by atoms with van der Waals surface area (Å²) in [5.41, 5.74) is 0. The third-order valence-corrected chi connectivity index (χ3v) is 11.1. The normalized spacial score (nSPS) is 14.0. The molecular weight excluding hydrogens is 755 g/mol. The van der Waals surface area contributed by atoms with Crippen molar-refractivity contribution in [3.05, 3.63) is 85.1 Å². The number of rotatable bonds is 44. The van der Waals surface area contributed by atoms with Crippen LogP contribution in [0.3, 0.4) is 0 Å². The molecule has 0 fully saturated rings. The Balaban J connectivity index is 4.65. The van der Waals surface area contributed by atoms with E-state index in [2.05, 4.69) is 86.8 Å². The van der Waals surface area contributed by atoms with Crippen LogP contribution in [0.5, 0.6) is 0 Å². The van der Waals surface area contributed by atoms with Crippen molar-refractivity contribution >= 4 is 11.9 Å². The first-order chi connectivity index (χ1) is 30.0. The van der Waals surface area contributed by atoms with Gasteiger partial charge in [0.15, 0.2) is 0 Å². The molecule has 0 spiro atoms. The first-order valence-electron chi connectivity index (χ1n) is 25.4. The molecule has 1 amide bonds. The zero-order chi connectivity index (χ0) is 44.5. The molecule has 6 nitrogen and oxygen atoms in total. The Bertz CT molecular complexity index is 1180. The molecule has 350 valence electrons. The molecule has 0 aromatic rings. The number of carbonyl (C=O) groups is 2. The Morgan fingerprint density at radius 1 is 0.508 bits per heavy atom. The van der Waals surface area contributed by atoms with Crippen LogP contribution in [-0.2, 0) is 14.3 Å². The molecule has 0 aliphatic heterocycles. The van der Waals surface area contributed by atoms with Gasteiger partial charge in [-0.05, 0) is 77.0 Å². The predicted molar refractivity (Wildman–Crippen MR) is 264 cm³/mol. The first kappa shape index (κ1) is 58.0. The van der Waals surface area contributed by atoms with Gasteiger partial charge in [0.25, 0.3) is 0 Å². The van der Waals surface area contributed by atoms with E-state index in [0.29, 0.717) is 19.3 Å². The number of nitrogens with one attached hydrogen (secondary N) is 1. The fourth-order valence-electron chi connectivity index (χ4n) is 7.28. The summed E-state index contributed by atoms with van der Waals surface area (Å²) in [6, 6.07) is -0.723. The molecule has 0 aromatic carbocycles. The highest BCUT2D eigenvalue weighted by Gasteiger charge is 2.24. The second kappa shape index (κ2) is 48.1. The molecule has 0 heterocycles. The largest absolute Gasteiger partial charge is 0.462 e. The minimum absolute atomic E-state index is 0.0382. The molecule has 0 saturated carbocycles. The number of aliphatic hydroxyl groups excluding tert-OH is 2. The van der Waals surface area contributed by atoms with E-state index in [0.717, 1.165) is 103 Å². The van der Waals surface area contributed by atoms with E-state index in [1.165, 1.54) is 77.0 Å². The number of allylic oxidation sites excluding steroid dienone is 14. The van der Waals surface area contributed by atoms with Crippen LogP contribution in [0.25, 0.3) is 0 Å². The van der Waals surface area contributed by atoms with E-state index in [4.69, 9.17) is 4.74 Å². The summed E-state index contributed by atoms with van der Waals surface area (Å²) in [5, 5.41) is 23.8. The Kier molecular flexibility index (Phi) is 45.7. The third kappa shape index (κ3) is 43.5. The van der Waals surface area contributed by atoms with E-state index in [9.17, 15) is 19.8 Å². The SMILES string of the molecule is CC/C=C/C=C/C=C/C=C\CCCCCC(CC(=O)NC(CO)C(O)CCCCCCCCCCCCCCCCC)OC(=O)CCCCCC/C=C/C/C=C/C/C=C/CC. The quantitative estimate of drug-likeness (QED) is 0.0246. The van der Waals surface area contributed by atoms with E-state index in [1.807, 2.05) is 24.3 Å². The van der Waals surface area contributed by atoms with Crippen molar-refractivity contribution in [3.63, 3.8) is 0 Å². The van der Waals surface area contributed by atoms with Crippen LogP contribution >= 0.6 is 0 Å². The van der Waals surface area contributed by atoms with Gasteiger partial charge in [0.1, 0.15) is 6.10 Å². The molecular formula is C55H95NO5. The van der Waals surface area contributed by atoms with Gasteiger partial charge in [-0.3, -0.25) is 9.59 Å². The maximum Gasteiger partial charge on any atom is 0.306 e. The number of hydrogen-bond donors (Lipinski definition) is 3. The molecule has 6 heteroatoms. The monoisotopic (exact) mass is 850 g/mol. The van der Waals surface area contributed by atoms with Gasteiger partial charge in [-0.15, -0.1) is 0 Å². The van der Waals surface area contributed by atoms with Crippen molar-refractivity contribution in [2.75, 3.05) is 6.61 Å². The summed E-state index contributed by atoms with van der Waals surface area (Å²) in [7, 11) is 0. The molecule has 3 N–H and O–H groups in total. The Hall–Kier alpha value is -2.96. The number of ether oxygens (including phenoxy) is 1. The summed E-state index contributed by atoms with van der Waals surface area (Å²) < 4.78 is 5.90. The average molecular weight is 850 g/mol. The van der Waals surface area contributed by atoms with Gasteiger partial charge < -0.3 is 20.3 Å². The lowest BCUT2D eigenvalue weighted by Crippen LogP contribution is -2.46. The van der Waals surface area contributed by atoms with Crippen molar-refractivity contribution in [2.24, 2.45) is 0 Å². The third-order valence-electron chi connectivity index (χ3n) is 11.1. The van der Waals surface area contributed by atoms with Crippen molar-refractivity contribution in [2.45, 2.75) is 244 Å². The molecule has 0 bridgehead atoms. The summed E-state index contributed by atoms with van der Waals surface area (Å²) in [6.07, 6.45) is 62.1. The highest BCUT2D eigenvalue weighted by Crippen LogP contribution is 2.17. The molecule has 61 heavy (non-hydrogen) atoms. The Morgan fingerprint density at radius 3 is 1.56 bits per heavy atom. The second-order valence-electron chi connectivity index (χ2n) is 16.9. The molecule has 3 unspecified atom stereocenters. The maximum absolute atomic E-state index is 13.2. The fraction of sp³-hybridized carbons (Fsp3) is 0.709. The molecule has 0 rings (SSSR count). The van der Waals surface area contributed by atoms with Gasteiger partial charge in [0.2, 0.25) is 5.91 Å². The topological polar surface area (TPSA) is 95.9 Å². The van der Waals surface area contributed by atoms with Crippen LogP contribution in [-0.4, -0.2) is 46.9 Å². The summed E-state index contributed by atoms with van der Waals surface area (Å²) >= 11 is 0. The molecule has 0 radical (unpaired) electrons. The van der Waals surface area contributed by atoms with Gasteiger partial charge >= 0.3 is 5.97 Å². The van der Waals surface area contributed by atoms with Crippen LogP contribution in [0.1, 0.15) is 226 Å². The summed E-state index contributed by atoms with van der Waals surface area (Å²) in [5.74, 6) is -0.544. The van der Waals surface area contributed by atoms with Crippen molar-refractivity contribution in [1.29, 1.82) is 0 Å². The molecule has 0 aliphatic carbocycles.